The van der Waals surface area contributed by atoms with Crippen molar-refractivity contribution < 1.29 is 8.42 Å². The van der Waals surface area contributed by atoms with Gasteiger partial charge in [0.05, 0.1) is 21.3 Å². The molecule has 0 unspecified atom stereocenters. The van der Waals surface area contributed by atoms with Crippen molar-refractivity contribution in [3.05, 3.63) is 75.9 Å². The summed E-state index contributed by atoms with van der Waals surface area (Å²) in [6, 6.07) is 16.0. The Kier molecular flexibility index (Phi) is 6.29. The number of rotatable bonds is 7. The standard InChI is InChI=1S/C21H19BrClN5O2S/c1-14-6-8-15(9-7-14)31(29,30)26-11-10-24-20-12-19(16-4-2-3-5-18(16)23)27-21-17(22)13-25-28(20)21/h2-9,12-13,24,26H,10-11H2,1H3. The first-order chi connectivity index (χ1) is 14.8. The van der Waals surface area contributed by atoms with Crippen molar-refractivity contribution in [2.45, 2.75) is 11.8 Å². The lowest BCUT2D eigenvalue weighted by Gasteiger charge is -2.12. The first-order valence-corrected chi connectivity index (χ1v) is 12.1. The molecule has 31 heavy (non-hydrogen) atoms. The van der Waals surface area contributed by atoms with E-state index in [0.717, 1.165) is 15.6 Å². The van der Waals surface area contributed by atoms with Crippen LogP contribution >= 0.6 is 27.5 Å². The highest BCUT2D eigenvalue weighted by Gasteiger charge is 2.15. The molecule has 2 aromatic carbocycles. The Morgan fingerprint density at radius 2 is 1.84 bits per heavy atom. The number of sulfonamides is 1. The zero-order valence-electron chi connectivity index (χ0n) is 16.5. The molecule has 0 aliphatic rings. The summed E-state index contributed by atoms with van der Waals surface area (Å²) in [4.78, 5) is 4.90. The van der Waals surface area contributed by atoms with E-state index in [1.54, 1.807) is 41.0 Å². The molecule has 0 saturated carbocycles. The van der Waals surface area contributed by atoms with Gasteiger partial charge in [-0.15, -0.1) is 0 Å². The van der Waals surface area contributed by atoms with E-state index in [1.165, 1.54) is 0 Å². The predicted octanol–water partition coefficient (Wildman–Crippen LogP) is 4.51. The van der Waals surface area contributed by atoms with Gasteiger partial charge in [-0.3, -0.25) is 0 Å². The fraction of sp³-hybridized carbons (Fsp3) is 0.143. The van der Waals surface area contributed by atoms with Crippen LogP contribution in [0.1, 0.15) is 5.56 Å². The molecule has 7 nitrogen and oxygen atoms in total. The molecule has 4 rings (SSSR count). The highest BCUT2D eigenvalue weighted by atomic mass is 79.9. The average Bonchev–Trinajstić information content (AvgIpc) is 3.13. The summed E-state index contributed by atoms with van der Waals surface area (Å²) in [5.74, 6) is 0.667. The topological polar surface area (TPSA) is 88.4 Å². The van der Waals surface area contributed by atoms with Crippen molar-refractivity contribution in [2.24, 2.45) is 0 Å². The molecule has 0 fully saturated rings. The minimum absolute atomic E-state index is 0.198. The Labute approximate surface area is 193 Å². The van der Waals surface area contributed by atoms with Crippen LogP contribution in [0.3, 0.4) is 0 Å². The Morgan fingerprint density at radius 1 is 1.10 bits per heavy atom. The van der Waals surface area contributed by atoms with Crippen LogP contribution in [-0.2, 0) is 10.0 Å². The maximum Gasteiger partial charge on any atom is 0.240 e. The van der Waals surface area contributed by atoms with E-state index in [-0.39, 0.29) is 11.4 Å². The molecule has 4 aromatic rings. The van der Waals surface area contributed by atoms with Crippen molar-refractivity contribution in [3.63, 3.8) is 0 Å². The molecular formula is C21H19BrClN5O2S. The number of fused-ring (bicyclic) bond motifs is 1. The second-order valence-electron chi connectivity index (χ2n) is 6.87. The van der Waals surface area contributed by atoms with Crippen LogP contribution in [0.15, 0.2) is 70.2 Å². The lowest BCUT2D eigenvalue weighted by Crippen LogP contribution is -2.29. The van der Waals surface area contributed by atoms with Gasteiger partial charge in [0.1, 0.15) is 5.82 Å². The summed E-state index contributed by atoms with van der Waals surface area (Å²) < 4.78 is 29.9. The summed E-state index contributed by atoms with van der Waals surface area (Å²) in [5.41, 5.74) is 3.10. The van der Waals surface area contributed by atoms with E-state index in [0.29, 0.717) is 28.7 Å². The Bertz CT molecular complexity index is 1340. The van der Waals surface area contributed by atoms with Gasteiger partial charge < -0.3 is 5.32 Å². The molecule has 0 atom stereocenters. The first-order valence-electron chi connectivity index (χ1n) is 9.44. The van der Waals surface area contributed by atoms with Crippen LogP contribution in [0.5, 0.6) is 0 Å². The number of benzene rings is 2. The lowest BCUT2D eigenvalue weighted by atomic mass is 10.1. The number of nitrogens with one attached hydrogen (secondary N) is 2. The van der Waals surface area contributed by atoms with Gasteiger partial charge in [-0.05, 0) is 41.1 Å². The van der Waals surface area contributed by atoms with Crippen LogP contribution < -0.4 is 10.0 Å². The van der Waals surface area contributed by atoms with Gasteiger partial charge in [-0.25, -0.2) is 18.1 Å². The smallest absolute Gasteiger partial charge is 0.240 e. The van der Waals surface area contributed by atoms with Gasteiger partial charge in [0.2, 0.25) is 10.0 Å². The van der Waals surface area contributed by atoms with Crippen LogP contribution in [0.2, 0.25) is 5.02 Å². The maximum atomic E-state index is 12.5. The summed E-state index contributed by atoms with van der Waals surface area (Å²) in [5, 5.41) is 8.15. The van der Waals surface area contributed by atoms with Crippen molar-refractivity contribution in [2.75, 3.05) is 18.4 Å². The Hall–Kier alpha value is -2.46. The van der Waals surface area contributed by atoms with E-state index < -0.39 is 10.0 Å². The summed E-state index contributed by atoms with van der Waals surface area (Å²) in [7, 11) is -3.58. The molecule has 2 aromatic heterocycles. The number of hydrogen-bond acceptors (Lipinski definition) is 5. The molecule has 160 valence electrons. The van der Waals surface area contributed by atoms with E-state index in [2.05, 4.69) is 36.1 Å². The summed E-state index contributed by atoms with van der Waals surface area (Å²) in [6.45, 7) is 2.46. The van der Waals surface area contributed by atoms with E-state index in [1.807, 2.05) is 31.2 Å². The molecule has 0 bridgehead atoms. The van der Waals surface area contributed by atoms with Gasteiger partial charge in [0.15, 0.2) is 5.65 Å². The largest absolute Gasteiger partial charge is 0.369 e. The minimum atomic E-state index is -3.58. The lowest BCUT2D eigenvalue weighted by molar-refractivity contribution is 0.583. The molecule has 2 N–H and O–H groups in total. The second-order valence-corrected chi connectivity index (χ2v) is 9.90. The number of anilines is 1. The van der Waals surface area contributed by atoms with E-state index in [4.69, 9.17) is 11.6 Å². The molecule has 0 amide bonds. The van der Waals surface area contributed by atoms with Crippen LogP contribution in [0.25, 0.3) is 16.9 Å². The SMILES string of the molecule is Cc1ccc(S(=O)(=O)NCCNc2cc(-c3ccccc3Cl)nc3c(Br)cnn23)cc1. The zero-order chi connectivity index (χ0) is 22.0. The second kappa shape index (κ2) is 8.96. The molecule has 2 heterocycles. The molecule has 0 radical (unpaired) electrons. The fourth-order valence-corrected chi connectivity index (χ4v) is 4.66. The van der Waals surface area contributed by atoms with Gasteiger partial charge in [0.25, 0.3) is 0 Å². The Morgan fingerprint density at radius 3 is 2.58 bits per heavy atom. The third-order valence-corrected chi connectivity index (χ3v) is 7.00. The van der Waals surface area contributed by atoms with Crippen molar-refractivity contribution in [1.82, 2.24) is 19.3 Å². The first kappa shape index (κ1) is 21.8. The quantitative estimate of drug-likeness (QED) is 0.350. The van der Waals surface area contributed by atoms with Crippen LogP contribution in [-0.4, -0.2) is 36.1 Å². The summed E-state index contributed by atoms with van der Waals surface area (Å²) in [6.07, 6.45) is 1.66. The van der Waals surface area contributed by atoms with Crippen LogP contribution in [0.4, 0.5) is 5.82 Å². The number of hydrogen-bond donors (Lipinski definition) is 2. The van der Waals surface area contributed by atoms with Gasteiger partial charge in [0, 0.05) is 29.7 Å². The average molecular weight is 521 g/mol. The third kappa shape index (κ3) is 4.74. The summed E-state index contributed by atoms with van der Waals surface area (Å²) >= 11 is 9.82. The molecule has 0 aliphatic carbocycles. The molecular weight excluding hydrogens is 502 g/mol. The number of aromatic nitrogens is 3. The monoisotopic (exact) mass is 519 g/mol. The zero-order valence-corrected chi connectivity index (χ0v) is 19.7. The Balaban J connectivity index is 1.53. The highest BCUT2D eigenvalue weighted by Crippen LogP contribution is 2.30. The van der Waals surface area contributed by atoms with Gasteiger partial charge in [-0.2, -0.15) is 9.61 Å². The van der Waals surface area contributed by atoms with Gasteiger partial charge >= 0.3 is 0 Å². The minimum Gasteiger partial charge on any atom is -0.369 e. The van der Waals surface area contributed by atoms with E-state index >= 15 is 0 Å². The van der Waals surface area contributed by atoms with E-state index in [9.17, 15) is 8.42 Å². The number of nitrogens with zero attached hydrogens (tertiary/aromatic N) is 3. The predicted molar refractivity (Wildman–Crippen MR) is 126 cm³/mol. The normalized spacial score (nSPS) is 11.7. The molecule has 0 spiro atoms. The number of aryl methyl sites for hydroxylation is 1. The maximum absolute atomic E-state index is 12.5. The van der Waals surface area contributed by atoms with Crippen LogP contribution in [0, 0.1) is 6.92 Å². The van der Waals surface area contributed by atoms with Crippen molar-refractivity contribution in [3.8, 4) is 11.3 Å². The third-order valence-electron chi connectivity index (χ3n) is 4.63. The molecule has 0 saturated heterocycles. The highest BCUT2D eigenvalue weighted by molar-refractivity contribution is 9.10. The fourth-order valence-electron chi connectivity index (χ4n) is 3.05. The number of halogens is 2. The molecule has 10 heteroatoms. The van der Waals surface area contributed by atoms with Crippen molar-refractivity contribution in [1.29, 1.82) is 0 Å². The molecule has 0 aliphatic heterocycles. The van der Waals surface area contributed by atoms with Gasteiger partial charge in [-0.1, -0.05) is 47.5 Å². The van der Waals surface area contributed by atoms with Crippen molar-refractivity contribution >= 4 is 49.0 Å².